The van der Waals surface area contributed by atoms with E-state index in [1.165, 1.54) is 0 Å². The van der Waals surface area contributed by atoms with Crippen LogP contribution in [0.1, 0.15) is 23.2 Å². The summed E-state index contributed by atoms with van der Waals surface area (Å²) in [6.45, 7) is 6.10. The van der Waals surface area contributed by atoms with E-state index in [1.807, 2.05) is 6.92 Å². The van der Waals surface area contributed by atoms with Gasteiger partial charge in [0.1, 0.15) is 0 Å². The molecule has 0 atom stereocenters. The van der Waals surface area contributed by atoms with Gasteiger partial charge in [-0.2, -0.15) is 0 Å². The Kier molecular flexibility index (Phi) is 3.60. The van der Waals surface area contributed by atoms with Gasteiger partial charge in [-0.15, -0.1) is 0 Å². The Morgan fingerprint density at radius 3 is 2.69 bits per heavy atom. The zero-order valence-corrected chi connectivity index (χ0v) is 9.83. The first-order valence-corrected chi connectivity index (χ1v) is 5.03. The molecule has 0 spiro atoms. The molecule has 1 aromatic rings. The van der Waals surface area contributed by atoms with Crippen LogP contribution < -0.4 is 11.1 Å². The number of rotatable bonds is 4. The van der Waals surface area contributed by atoms with Gasteiger partial charge < -0.3 is 20.4 Å². The average molecular weight is 223 g/mol. The summed E-state index contributed by atoms with van der Waals surface area (Å²) in [5.41, 5.74) is 6.52. The van der Waals surface area contributed by atoms with Crippen LogP contribution in [0.3, 0.4) is 0 Å². The van der Waals surface area contributed by atoms with Crippen LogP contribution in [0, 0.1) is 0 Å². The Bertz CT molecular complexity index is 409. The maximum absolute atomic E-state index is 11.8. The molecule has 0 unspecified atom stereocenters. The largest absolute Gasteiger partial charge is 0.447 e. The SMILES string of the molecule is C=C(N)c1oc(C(=O)N(C)CC)cc1NC. The van der Waals surface area contributed by atoms with Gasteiger partial charge in [-0.25, -0.2) is 0 Å². The highest BCUT2D eigenvalue weighted by molar-refractivity contribution is 5.93. The molecule has 3 N–H and O–H groups in total. The summed E-state index contributed by atoms with van der Waals surface area (Å²) in [5, 5.41) is 2.90. The fourth-order valence-corrected chi connectivity index (χ4v) is 1.25. The Balaban J connectivity index is 3.08. The van der Waals surface area contributed by atoms with Crippen LogP contribution in [0.2, 0.25) is 0 Å². The zero-order valence-electron chi connectivity index (χ0n) is 9.83. The molecular weight excluding hydrogens is 206 g/mol. The number of nitrogens with one attached hydrogen (secondary N) is 1. The van der Waals surface area contributed by atoms with Crippen molar-refractivity contribution in [3.8, 4) is 0 Å². The summed E-state index contributed by atoms with van der Waals surface area (Å²) >= 11 is 0. The van der Waals surface area contributed by atoms with Gasteiger partial charge in [0, 0.05) is 26.7 Å². The standard InChI is InChI=1S/C11H17N3O2/c1-5-14(4)11(15)9-6-8(13-3)10(16-9)7(2)12/h6,13H,2,5,12H2,1,3-4H3. The number of hydrogen-bond acceptors (Lipinski definition) is 4. The summed E-state index contributed by atoms with van der Waals surface area (Å²) in [6, 6.07) is 1.63. The third-order valence-corrected chi connectivity index (χ3v) is 2.32. The minimum Gasteiger partial charge on any atom is -0.447 e. The lowest BCUT2D eigenvalue weighted by atomic mass is 10.3. The second kappa shape index (κ2) is 4.74. The maximum Gasteiger partial charge on any atom is 0.289 e. The predicted octanol–water partition coefficient (Wildman–Crippen LogP) is 1.34. The van der Waals surface area contributed by atoms with Crippen LogP contribution in [0.4, 0.5) is 5.69 Å². The van der Waals surface area contributed by atoms with E-state index in [1.54, 1.807) is 25.1 Å². The van der Waals surface area contributed by atoms with Crippen molar-refractivity contribution in [3.05, 3.63) is 24.2 Å². The number of carbonyl (C=O) groups is 1. The van der Waals surface area contributed by atoms with Gasteiger partial charge in [0.15, 0.2) is 11.5 Å². The monoisotopic (exact) mass is 223 g/mol. The van der Waals surface area contributed by atoms with Crippen LogP contribution >= 0.6 is 0 Å². The van der Waals surface area contributed by atoms with Gasteiger partial charge in [0.25, 0.3) is 5.91 Å². The number of carbonyl (C=O) groups excluding carboxylic acids is 1. The molecule has 0 aliphatic rings. The van der Waals surface area contributed by atoms with Crippen LogP contribution in [-0.2, 0) is 0 Å². The van der Waals surface area contributed by atoms with Crippen LogP contribution in [0.25, 0.3) is 5.70 Å². The topological polar surface area (TPSA) is 71.5 Å². The van der Waals surface area contributed by atoms with E-state index in [0.29, 0.717) is 23.7 Å². The molecule has 0 aliphatic heterocycles. The Labute approximate surface area is 94.9 Å². The smallest absolute Gasteiger partial charge is 0.289 e. The Morgan fingerprint density at radius 2 is 2.31 bits per heavy atom. The number of anilines is 1. The second-order valence-electron chi connectivity index (χ2n) is 3.45. The highest BCUT2D eigenvalue weighted by Gasteiger charge is 2.19. The van der Waals surface area contributed by atoms with E-state index in [2.05, 4.69) is 11.9 Å². The zero-order chi connectivity index (χ0) is 12.3. The fraction of sp³-hybridized carbons (Fsp3) is 0.364. The van der Waals surface area contributed by atoms with Crippen LogP contribution in [0.15, 0.2) is 17.1 Å². The molecule has 16 heavy (non-hydrogen) atoms. The van der Waals surface area contributed by atoms with E-state index < -0.39 is 0 Å². The molecule has 1 rings (SSSR count). The number of nitrogens with two attached hydrogens (primary N) is 1. The molecule has 0 radical (unpaired) electrons. The van der Waals surface area contributed by atoms with E-state index in [9.17, 15) is 4.79 Å². The first-order chi connectivity index (χ1) is 7.51. The first-order valence-electron chi connectivity index (χ1n) is 5.03. The van der Waals surface area contributed by atoms with Crippen molar-refractivity contribution in [2.45, 2.75) is 6.92 Å². The molecule has 1 heterocycles. The molecule has 0 fully saturated rings. The van der Waals surface area contributed by atoms with Gasteiger partial charge in [0.05, 0.1) is 11.4 Å². The summed E-state index contributed by atoms with van der Waals surface area (Å²) in [4.78, 5) is 13.4. The van der Waals surface area contributed by atoms with Crippen LogP contribution in [0.5, 0.6) is 0 Å². The number of amides is 1. The predicted molar refractivity (Wildman–Crippen MR) is 64.1 cm³/mol. The molecule has 5 heteroatoms. The van der Waals surface area contributed by atoms with Crippen molar-refractivity contribution in [1.82, 2.24) is 4.90 Å². The molecule has 0 aliphatic carbocycles. The van der Waals surface area contributed by atoms with Gasteiger partial charge >= 0.3 is 0 Å². The fourth-order valence-electron chi connectivity index (χ4n) is 1.25. The molecule has 1 amide bonds. The molecule has 0 saturated heterocycles. The van der Waals surface area contributed by atoms with Gasteiger partial charge in [-0.05, 0) is 6.92 Å². The Hall–Kier alpha value is -1.91. The molecule has 88 valence electrons. The minimum absolute atomic E-state index is 0.175. The van der Waals surface area contributed by atoms with Crippen molar-refractivity contribution in [2.24, 2.45) is 5.73 Å². The molecule has 0 aromatic carbocycles. The van der Waals surface area contributed by atoms with E-state index in [4.69, 9.17) is 10.2 Å². The summed E-state index contributed by atoms with van der Waals surface area (Å²) in [7, 11) is 3.44. The lowest BCUT2D eigenvalue weighted by Gasteiger charge is -2.11. The lowest BCUT2D eigenvalue weighted by molar-refractivity contribution is 0.0770. The van der Waals surface area contributed by atoms with Crippen molar-refractivity contribution in [1.29, 1.82) is 0 Å². The first kappa shape index (κ1) is 12.2. The molecule has 0 saturated carbocycles. The third kappa shape index (κ3) is 2.18. The van der Waals surface area contributed by atoms with Crippen molar-refractivity contribution in [2.75, 3.05) is 26.0 Å². The van der Waals surface area contributed by atoms with Gasteiger partial charge in [0.2, 0.25) is 0 Å². The molecule has 5 nitrogen and oxygen atoms in total. The summed E-state index contributed by atoms with van der Waals surface area (Å²) in [5.74, 6) is 0.497. The molecular formula is C11H17N3O2. The van der Waals surface area contributed by atoms with E-state index in [-0.39, 0.29) is 11.7 Å². The number of hydrogen-bond donors (Lipinski definition) is 2. The highest BCUT2D eigenvalue weighted by Crippen LogP contribution is 2.25. The van der Waals surface area contributed by atoms with Gasteiger partial charge in [-0.1, -0.05) is 6.58 Å². The Morgan fingerprint density at radius 1 is 1.69 bits per heavy atom. The summed E-state index contributed by atoms with van der Waals surface area (Å²) < 4.78 is 5.37. The van der Waals surface area contributed by atoms with Crippen LogP contribution in [-0.4, -0.2) is 31.4 Å². The quantitative estimate of drug-likeness (QED) is 0.808. The number of furan rings is 1. The van der Waals surface area contributed by atoms with Gasteiger partial charge in [-0.3, -0.25) is 4.79 Å². The third-order valence-electron chi connectivity index (χ3n) is 2.32. The summed E-state index contributed by atoms with van der Waals surface area (Å²) in [6.07, 6.45) is 0. The number of nitrogens with zero attached hydrogens (tertiary/aromatic N) is 1. The molecule has 0 bridgehead atoms. The maximum atomic E-state index is 11.8. The second-order valence-corrected chi connectivity index (χ2v) is 3.45. The highest BCUT2D eigenvalue weighted by atomic mass is 16.4. The molecule has 1 aromatic heterocycles. The normalized spacial score (nSPS) is 9.94. The minimum atomic E-state index is -0.175. The van der Waals surface area contributed by atoms with Crippen molar-refractivity contribution < 1.29 is 9.21 Å². The lowest BCUT2D eigenvalue weighted by Crippen LogP contribution is -2.25. The van der Waals surface area contributed by atoms with Crippen molar-refractivity contribution >= 4 is 17.3 Å². The van der Waals surface area contributed by atoms with Crippen molar-refractivity contribution in [3.63, 3.8) is 0 Å². The van der Waals surface area contributed by atoms with E-state index >= 15 is 0 Å². The average Bonchev–Trinajstić information content (AvgIpc) is 2.70. The van der Waals surface area contributed by atoms with E-state index in [0.717, 1.165) is 0 Å².